The van der Waals surface area contributed by atoms with Crippen LogP contribution in [0.15, 0.2) is 18.2 Å². The van der Waals surface area contributed by atoms with E-state index in [2.05, 4.69) is 4.84 Å². The smallest absolute Gasteiger partial charge is 0.119 e. The Kier molecular flexibility index (Phi) is 3.73. The van der Waals surface area contributed by atoms with Crippen molar-refractivity contribution in [3.63, 3.8) is 0 Å². The molecule has 1 aromatic carbocycles. The molecule has 78 valence electrons. The van der Waals surface area contributed by atoms with E-state index in [1.807, 2.05) is 6.92 Å². The topological polar surface area (TPSA) is 64.7 Å². The molecular weight excluding hydrogens is 182 g/mol. The molecule has 0 bridgehead atoms. The van der Waals surface area contributed by atoms with Gasteiger partial charge in [0.2, 0.25) is 0 Å². The van der Waals surface area contributed by atoms with Gasteiger partial charge in [0, 0.05) is 11.5 Å². The predicted molar refractivity (Wildman–Crippen MR) is 53.2 cm³/mol. The fraction of sp³-hybridized carbons (Fsp3) is 0.400. The zero-order chi connectivity index (χ0) is 10.6. The van der Waals surface area contributed by atoms with Crippen LogP contribution >= 0.6 is 0 Å². The molecule has 1 rings (SSSR count). The Morgan fingerprint density at radius 2 is 2.21 bits per heavy atom. The van der Waals surface area contributed by atoms with Crippen molar-refractivity contribution in [2.45, 2.75) is 12.8 Å². The second-order valence-electron chi connectivity index (χ2n) is 3.16. The molecule has 1 atom stereocenters. The van der Waals surface area contributed by atoms with Crippen LogP contribution in [0, 0.1) is 0 Å². The summed E-state index contributed by atoms with van der Waals surface area (Å²) in [7, 11) is 1.58. The number of methoxy groups -OCH3 is 1. The zero-order valence-electron chi connectivity index (χ0n) is 8.36. The number of phenolic OH excluding ortho intramolecular Hbond substituents is 1. The number of ether oxygens (including phenoxy) is 1. The summed E-state index contributed by atoms with van der Waals surface area (Å²) in [6, 6.07) is 5.08. The van der Waals surface area contributed by atoms with Crippen LogP contribution in [-0.4, -0.2) is 18.8 Å². The van der Waals surface area contributed by atoms with E-state index in [1.54, 1.807) is 25.3 Å². The van der Waals surface area contributed by atoms with Crippen LogP contribution in [0.25, 0.3) is 0 Å². The number of benzene rings is 1. The maximum atomic E-state index is 9.58. The number of rotatable bonds is 4. The molecule has 0 aliphatic carbocycles. The second-order valence-corrected chi connectivity index (χ2v) is 3.16. The molecule has 0 aliphatic heterocycles. The summed E-state index contributed by atoms with van der Waals surface area (Å²) in [6.45, 7) is 2.28. The van der Waals surface area contributed by atoms with E-state index in [4.69, 9.17) is 10.6 Å². The minimum atomic E-state index is 0.0371. The number of hydrogen-bond acceptors (Lipinski definition) is 4. The van der Waals surface area contributed by atoms with Crippen LogP contribution in [0.1, 0.15) is 18.4 Å². The molecule has 0 fully saturated rings. The van der Waals surface area contributed by atoms with Gasteiger partial charge in [0.15, 0.2) is 0 Å². The molecule has 14 heavy (non-hydrogen) atoms. The summed E-state index contributed by atoms with van der Waals surface area (Å²) in [5.41, 5.74) is 0.773. The van der Waals surface area contributed by atoms with E-state index < -0.39 is 0 Å². The van der Waals surface area contributed by atoms with Crippen molar-refractivity contribution in [2.75, 3.05) is 13.7 Å². The Labute approximate surface area is 83.2 Å². The third-order valence-corrected chi connectivity index (χ3v) is 2.11. The number of nitrogens with two attached hydrogens (primary N) is 1. The van der Waals surface area contributed by atoms with Gasteiger partial charge < -0.3 is 14.7 Å². The van der Waals surface area contributed by atoms with Crippen molar-refractivity contribution in [3.05, 3.63) is 23.8 Å². The van der Waals surface area contributed by atoms with Crippen LogP contribution in [0.4, 0.5) is 0 Å². The van der Waals surface area contributed by atoms with Gasteiger partial charge in [-0.2, -0.15) is 0 Å². The van der Waals surface area contributed by atoms with Crippen LogP contribution in [-0.2, 0) is 4.84 Å². The first kappa shape index (κ1) is 10.8. The van der Waals surface area contributed by atoms with Crippen molar-refractivity contribution in [2.24, 2.45) is 5.90 Å². The fourth-order valence-electron chi connectivity index (χ4n) is 1.29. The van der Waals surface area contributed by atoms with Gasteiger partial charge in [0.1, 0.15) is 11.5 Å². The SMILES string of the molecule is COc1ccc(O)c(C(C)CON)c1. The van der Waals surface area contributed by atoms with E-state index in [9.17, 15) is 5.11 Å². The largest absolute Gasteiger partial charge is 0.508 e. The highest BCUT2D eigenvalue weighted by Crippen LogP contribution is 2.29. The lowest BCUT2D eigenvalue weighted by molar-refractivity contribution is 0.126. The lowest BCUT2D eigenvalue weighted by Crippen LogP contribution is -2.08. The van der Waals surface area contributed by atoms with E-state index in [0.717, 1.165) is 5.56 Å². The number of phenols is 1. The van der Waals surface area contributed by atoms with Gasteiger partial charge in [0.05, 0.1) is 13.7 Å². The van der Waals surface area contributed by atoms with E-state index in [-0.39, 0.29) is 11.7 Å². The zero-order valence-corrected chi connectivity index (χ0v) is 8.36. The Hall–Kier alpha value is -1.26. The second kappa shape index (κ2) is 4.83. The van der Waals surface area contributed by atoms with Crippen LogP contribution in [0.5, 0.6) is 11.5 Å². The molecule has 4 nitrogen and oxygen atoms in total. The molecule has 0 saturated heterocycles. The molecule has 0 aliphatic rings. The Balaban J connectivity index is 2.93. The monoisotopic (exact) mass is 197 g/mol. The molecular formula is C10H15NO3. The third-order valence-electron chi connectivity index (χ3n) is 2.11. The van der Waals surface area contributed by atoms with Gasteiger partial charge in [0.25, 0.3) is 0 Å². The lowest BCUT2D eigenvalue weighted by Gasteiger charge is -2.13. The van der Waals surface area contributed by atoms with Gasteiger partial charge in [-0.05, 0) is 18.2 Å². The Morgan fingerprint density at radius 3 is 2.79 bits per heavy atom. The lowest BCUT2D eigenvalue weighted by atomic mass is 10.0. The fourth-order valence-corrected chi connectivity index (χ4v) is 1.29. The summed E-state index contributed by atoms with van der Waals surface area (Å²) < 4.78 is 5.05. The molecule has 3 N–H and O–H groups in total. The van der Waals surface area contributed by atoms with Gasteiger partial charge in [-0.3, -0.25) is 0 Å². The van der Waals surface area contributed by atoms with Gasteiger partial charge >= 0.3 is 0 Å². The van der Waals surface area contributed by atoms with Crippen molar-refractivity contribution in [1.29, 1.82) is 0 Å². The molecule has 0 saturated carbocycles. The first-order chi connectivity index (χ1) is 6.69. The molecule has 0 radical (unpaired) electrons. The highest BCUT2D eigenvalue weighted by Gasteiger charge is 2.11. The van der Waals surface area contributed by atoms with Gasteiger partial charge in [-0.25, -0.2) is 5.90 Å². The average molecular weight is 197 g/mol. The minimum Gasteiger partial charge on any atom is -0.508 e. The third kappa shape index (κ3) is 2.37. The summed E-state index contributed by atoms with van der Waals surface area (Å²) in [5, 5.41) is 9.58. The Bertz CT molecular complexity index is 301. The quantitative estimate of drug-likeness (QED) is 0.716. The molecule has 0 aromatic heterocycles. The number of hydrogen-bond donors (Lipinski definition) is 2. The van der Waals surface area contributed by atoms with Gasteiger partial charge in [-0.15, -0.1) is 0 Å². The van der Waals surface area contributed by atoms with Crippen molar-refractivity contribution < 1.29 is 14.7 Å². The highest BCUT2D eigenvalue weighted by atomic mass is 16.6. The maximum Gasteiger partial charge on any atom is 0.119 e. The van der Waals surface area contributed by atoms with Crippen molar-refractivity contribution in [3.8, 4) is 11.5 Å². The van der Waals surface area contributed by atoms with Crippen LogP contribution < -0.4 is 10.6 Å². The van der Waals surface area contributed by atoms with E-state index >= 15 is 0 Å². The maximum absolute atomic E-state index is 9.58. The molecule has 4 heteroatoms. The predicted octanol–water partition coefficient (Wildman–Crippen LogP) is 1.39. The van der Waals surface area contributed by atoms with Crippen LogP contribution in [0.2, 0.25) is 0 Å². The summed E-state index contributed by atoms with van der Waals surface area (Å²) in [4.78, 5) is 4.53. The Morgan fingerprint density at radius 1 is 1.50 bits per heavy atom. The molecule has 1 aromatic rings. The number of aromatic hydroxyl groups is 1. The normalized spacial score (nSPS) is 12.5. The standard InChI is InChI=1S/C10H15NO3/c1-7(6-14-11)9-5-8(13-2)3-4-10(9)12/h3-5,7,12H,6,11H2,1-2H3. The van der Waals surface area contributed by atoms with Crippen molar-refractivity contribution in [1.82, 2.24) is 0 Å². The average Bonchev–Trinajstić information content (AvgIpc) is 2.19. The van der Waals surface area contributed by atoms with Gasteiger partial charge in [-0.1, -0.05) is 6.92 Å². The summed E-state index contributed by atoms with van der Waals surface area (Å²) >= 11 is 0. The molecule has 0 heterocycles. The summed E-state index contributed by atoms with van der Waals surface area (Å²) in [5.74, 6) is 5.95. The summed E-state index contributed by atoms with van der Waals surface area (Å²) in [6.07, 6.45) is 0. The van der Waals surface area contributed by atoms with Crippen molar-refractivity contribution >= 4 is 0 Å². The molecule has 1 unspecified atom stereocenters. The first-order valence-corrected chi connectivity index (χ1v) is 4.37. The van der Waals surface area contributed by atoms with E-state index in [1.165, 1.54) is 0 Å². The molecule has 0 amide bonds. The van der Waals surface area contributed by atoms with E-state index in [0.29, 0.717) is 12.4 Å². The molecule has 0 spiro atoms. The first-order valence-electron chi connectivity index (χ1n) is 4.37. The van der Waals surface area contributed by atoms with Crippen LogP contribution in [0.3, 0.4) is 0 Å². The minimum absolute atomic E-state index is 0.0371. The highest BCUT2D eigenvalue weighted by molar-refractivity contribution is 5.41.